The molecule has 0 fully saturated rings. The first-order valence-corrected chi connectivity index (χ1v) is 15.9. The van der Waals surface area contributed by atoms with E-state index in [9.17, 15) is 18.8 Å². The van der Waals surface area contributed by atoms with Gasteiger partial charge in [-0.1, -0.05) is 36.4 Å². The standard InChI is InChI=1S/C35H29FN4O4S2/c1-22(32(41)40-35-39-31(21-45-35)24-13-15-26(36)16-14-24)46-29-10-6-9-27(20-29)37-34(43)30(19-23-11-17-28(44-2)18-12-23)38-33(42)25-7-4-3-5-8-25/h3-22H,1-2H3,(H,37,43)(H,38,42)(H,39,40,41)/b30-19+. The van der Waals surface area contributed by atoms with E-state index >= 15 is 0 Å². The normalized spacial score (nSPS) is 11.8. The Kier molecular flexibility index (Phi) is 10.6. The molecule has 0 aliphatic rings. The van der Waals surface area contributed by atoms with Gasteiger partial charge in [0.25, 0.3) is 11.8 Å². The number of halogens is 1. The number of amides is 3. The number of hydrogen-bond donors (Lipinski definition) is 3. The molecule has 5 rings (SSSR count). The molecule has 1 heterocycles. The number of thiazole rings is 1. The van der Waals surface area contributed by atoms with Gasteiger partial charge in [-0.15, -0.1) is 23.1 Å². The average molecular weight is 653 g/mol. The van der Waals surface area contributed by atoms with Crippen LogP contribution in [-0.4, -0.2) is 35.1 Å². The Morgan fingerprint density at radius 3 is 2.37 bits per heavy atom. The number of anilines is 2. The summed E-state index contributed by atoms with van der Waals surface area (Å²) in [6, 6.07) is 28.8. The number of methoxy groups -OCH3 is 1. The van der Waals surface area contributed by atoms with Crippen molar-refractivity contribution in [2.45, 2.75) is 17.1 Å². The van der Waals surface area contributed by atoms with E-state index in [-0.39, 0.29) is 17.4 Å². The summed E-state index contributed by atoms with van der Waals surface area (Å²) in [4.78, 5) is 44.6. The fraction of sp³-hybridized carbons (Fsp3) is 0.0857. The molecule has 46 heavy (non-hydrogen) atoms. The highest BCUT2D eigenvalue weighted by molar-refractivity contribution is 8.00. The third-order valence-corrected chi connectivity index (χ3v) is 8.46. The first-order chi connectivity index (χ1) is 22.3. The Balaban J connectivity index is 1.25. The molecule has 5 aromatic rings. The molecule has 1 atom stereocenters. The van der Waals surface area contributed by atoms with E-state index in [1.165, 1.54) is 35.2 Å². The minimum Gasteiger partial charge on any atom is -0.497 e. The van der Waals surface area contributed by atoms with Crippen molar-refractivity contribution in [3.05, 3.63) is 131 Å². The van der Waals surface area contributed by atoms with Gasteiger partial charge in [0.05, 0.1) is 18.1 Å². The molecule has 3 amide bonds. The van der Waals surface area contributed by atoms with Gasteiger partial charge in [-0.05, 0) is 85.3 Å². The van der Waals surface area contributed by atoms with Crippen molar-refractivity contribution in [1.29, 1.82) is 0 Å². The molecule has 0 saturated heterocycles. The molecular weight excluding hydrogens is 624 g/mol. The summed E-state index contributed by atoms with van der Waals surface area (Å²) in [6.45, 7) is 1.77. The molecule has 0 aliphatic heterocycles. The Morgan fingerprint density at radius 2 is 1.65 bits per heavy atom. The number of benzene rings is 4. The van der Waals surface area contributed by atoms with Crippen LogP contribution in [0.1, 0.15) is 22.8 Å². The predicted molar refractivity (Wildman–Crippen MR) is 181 cm³/mol. The van der Waals surface area contributed by atoms with Crippen LogP contribution in [0.5, 0.6) is 5.75 Å². The quantitative estimate of drug-likeness (QED) is 0.101. The second-order valence-corrected chi connectivity index (χ2v) is 12.2. The van der Waals surface area contributed by atoms with Gasteiger partial charge in [0.15, 0.2) is 5.13 Å². The van der Waals surface area contributed by atoms with Crippen LogP contribution in [0.15, 0.2) is 119 Å². The van der Waals surface area contributed by atoms with Gasteiger partial charge in [0.1, 0.15) is 17.3 Å². The zero-order chi connectivity index (χ0) is 32.5. The summed E-state index contributed by atoms with van der Waals surface area (Å²) in [6.07, 6.45) is 1.58. The van der Waals surface area contributed by atoms with Crippen LogP contribution in [0.3, 0.4) is 0 Å². The monoisotopic (exact) mass is 652 g/mol. The molecule has 0 spiro atoms. The number of hydrogen-bond acceptors (Lipinski definition) is 7. The van der Waals surface area contributed by atoms with Crippen LogP contribution in [-0.2, 0) is 9.59 Å². The maximum Gasteiger partial charge on any atom is 0.272 e. The Hall–Kier alpha value is -5.26. The lowest BCUT2D eigenvalue weighted by atomic mass is 10.1. The Labute approximate surface area is 273 Å². The predicted octanol–water partition coefficient (Wildman–Crippen LogP) is 7.49. The fourth-order valence-corrected chi connectivity index (χ4v) is 5.85. The lowest BCUT2D eigenvalue weighted by Gasteiger charge is -2.14. The minimum atomic E-state index is -0.520. The van der Waals surface area contributed by atoms with E-state index in [1.54, 1.807) is 110 Å². The fourth-order valence-electron chi connectivity index (χ4n) is 4.20. The smallest absolute Gasteiger partial charge is 0.272 e. The maximum absolute atomic E-state index is 13.5. The van der Waals surface area contributed by atoms with E-state index in [4.69, 9.17) is 4.74 Å². The average Bonchev–Trinajstić information content (AvgIpc) is 3.54. The number of carbonyl (C=O) groups excluding carboxylic acids is 3. The Morgan fingerprint density at radius 1 is 0.913 bits per heavy atom. The van der Waals surface area contributed by atoms with Crippen molar-refractivity contribution in [2.24, 2.45) is 0 Å². The topological polar surface area (TPSA) is 109 Å². The van der Waals surface area contributed by atoms with Crippen molar-refractivity contribution < 1.29 is 23.5 Å². The number of carbonyl (C=O) groups is 3. The molecule has 11 heteroatoms. The number of ether oxygens (including phenoxy) is 1. The van der Waals surface area contributed by atoms with Gasteiger partial charge in [-0.3, -0.25) is 14.4 Å². The number of nitrogens with one attached hydrogen (secondary N) is 3. The molecule has 1 unspecified atom stereocenters. The van der Waals surface area contributed by atoms with E-state index < -0.39 is 17.1 Å². The summed E-state index contributed by atoms with van der Waals surface area (Å²) in [7, 11) is 1.57. The van der Waals surface area contributed by atoms with Gasteiger partial charge in [0, 0.05) is 27.1 Å². The number of nitrogens with zero attached hydrogens (tertiary/aromatic N) is 1. The molecule has 232 valence electrons. The van der Waals surface area contributed by atoms with Crippen molar-refractivity contribution in [2.75, 3.05) is 17.7 Å². The largest absolute Gasteiger partial charge is 0.497 e. The summed E-state index contributed by atoms with van der Waals surface area (Å²) < 4.78 is 18.5. The second-order valence-electron chi connectivity index (χ2n) is 9.93. The highest BCUT2D eigenvalue weighted by Crippen LogP contribution is 2.29. The molecular formula is C35H29FN4O4S2. The summed E-state index contributed by atoms with van der Waals surface area (Å²) in [5.74, 6) is -0.858. The zero-order valence-electron chi connectivity index (χ0n) is 24.8. The summed E-state index contributed by atoms with van der Waals surface area (Å²) >= 11 is 2.60. The van der Waals surface area contributed by atoms with Crippen molar-refractivity contribution in [3.63, 3.8) is 0 Å². The minimum absolute atomic E-state index is 0.0493. The van der Waals surface area contributed by atoms with Crippen LogP contribution in [0.25, 0.3) is 17.3 Å². The lowest BCUT2D eigenvalue weighted by molar-refractivity contribution is -0.115. The second kappa shape index (κ2) is 15.2. The first kappa shape index (κ1) is 32.1. The molecule has 0 radical (unpaired) electrons. The summed E-state index contributed by atoms with van der Waals surface area (Å²) in [5.41, 5.74) is 3.03. The van der Waals surface area contributed by atoms with E-state index in [1.807, 2.05) is 6.07 Å². The number of aromatic nitrogens is 1. The van der Waals surface area contributed by atoms with Crippen LogP contribution in [0.4, 0.5) is 15.2 Å². The van der Waals surface area contributed by atoms with E-state index in [0.717, 1.165) is 10.5 Å². The molecule has 0 aliphatic carbocycles. The van der Waals surface area contributed by atoms with Crippen molar-refractivity contribution in [3.8, 4) is 17.0 Å². The SMILES string of the molecule is COc1ccc(/C=C(/NC(=O)c2ccccc2)C(=O)Nc2cccc(SC(C)C(=O)Nc3nc(-c4ccc(F)cc4)cs3)c2)cc1. The third-order valence-electron chi connectivity index (χ3n) is 6.60. The van der Waals surface area contributed by atoms with Gasteiger partial charge in [-0.25, -0.2) is 9.37 Å². The molecule has 3 N–H and O–H groups in total. The van der Waals surface area contributed by atoms with Crippen molar-refractivity contribution in [1.82, 2.24) is 10.3 Å². The maximum atomic E-state index is 13.5. The summed E-state index contributed by atoms with van der Waals surface area (Å²) in [5, 5.41) is 10.2. The molecule has 0 saturated carbocycles. The van der Waals surface area contributed by atoms with E-state index in [0.29, 0.717) is 33.4 Å². The first-order valence-electron chi connectivity index (χ1n) is 14.1. The highest BCUT2D eigenvalue weighted by atomic mass is 32.2. The molecule has 4 aromatic carbocycles. The third kappa shape index (κ3) is 8.68. The van der Waals surface area contributed by atoms with Gasteiger partial charge < -0.3 is 20.7 Å². The van der Waals surface area contributed by atoms with Crippen LogP contribution >= 0.6 is 23.1 Å². The Bertz CT molecular complexity index is 1860. The van der Waals surface area contributed by atoms with Crippen LogP contribution in [0.2, 0.25) is 0 Å². The molecule has 1 aromatic heterocycles. The van der Waals surface area contributed by atoms with Crippen LogP contribution < -0.4 is 20.7 Å². The van der Waals surface area contributed by atoms with Gasteiger partial charge in [0.2, 0.25) is 5.91 Å². The van der Waals surface area contributed by atoms with Crippen molar-refractivity contribution >= 4 is 57.7 Å². The van der Waals surface area contributed by atoms with Crippen LogP contribution in [0, 0.1) is 5.82 Å². The van der Waals surface area contributed by atoms with Gasteiger partial charge >= 0.3 is 0 Å². The number of thioether (sulfide) groups is 1. The highest BCUT2D eigenvalue weighted by Gasteiger charge is 2.18. The van der Waals surface area contributed by atoms with Gasteiger partial charge in [-0.2, -0.15) is 0 Å². The molecule has 8 nitrogen and oxygen atoms in total. The molecule has 0 bridgehead atoms. The zero-order valence-corrected chi connectivity index (χ0v) is 26.5. The number of rotatable bonds is 11. The van der Waals surface area contributed by atoms with E-state index in [2.05, 4.69) is 20.9 Å². The lowest BCUT2D eigenvalue weighted by Crippen LogP contribution is -2.30.